The van der Waals surface area contributed by atoms with E-state index >= 15 is 0 Å². The van der Waals surface area contributed by atoms with Gasteiger partial charge in [-0.15, -0.1) is 0 Å². The molecule has 1 N–H and O–H groups in total. The maximum Gasteiger partial charge on any atom is 0.335 e. The number of carbonyl (C=O) groups excluding carboxylic acids is 1. The SMILES string of the molecule is C[C@@]1(c2nc(Cc3ccccc3)c(N3CCOCC3)o2)N[C@@H](Cc2ccccc2)COC1=O. The molecule has 172 valence electrons. The summed E-state index contributed by atoms with van der Waals surface area (Å²) in [5.74, 6) is 0.684. The highest BCUT2D eigenvalue weighted by molar-refractivity contribution is 5.81. The number of benzene rings is 2. The van der Waals surface area contributed by atoms with Gasteiger partial charge in [-0.2, -0.15) is 0 Å². The van der Waals surface area contributed by atoms with Gasteiger partial charge in [0.1, 0.15) is 12.3 Å². The highest BCUT2D eigenvalue weighted by atomic mass is 16.5. The molecule has 2 aliphatic heterocycles. The van der Waals surface area contributed by atoms with E-state index in [0.717, 1.165) is 30.8 Å². The van der Waals surface area contributed by atoms with Crippen LogP contribution in [0.2, 0.25) is 0 Å². The van der Waals surface area contributed by atoms with E-state index in [1.807, 2.05) is 36.4 Å². The fraction of sp³-hybridized carbons (Fsp3) is 0.385. The van der Waals surface area contributed by atoms with Crippen LogP contribution in [0.15, 0.2) is 65.1 Å². The monoisotopic (exact) mass is 447 g/mol. The standard InChI is InChI=1S/C26H29N3O4/c1-26(25(30)32-18-21(28-26)16-19-8-4-2-5-9-19)24-27-22(17-20-10-6-3-7-11-20)23(33-24)29-12-14-31-15-13-29/h2-11,21,28H,12-18H2,1H3/t21-,26-/m0/s1. The van der Waals surface area contributed by atoms with Crippen LogP contribution >= 0.6 is 0 Å². The average Bonchev–Trinajstić information content (AvgIpc) is 3.28. The number of nitrogens with zero attached hydrogens (tertiary/aromatic N) is 2. The zero-order chi connectivity index (χ0) is 22.7. The Morgan fingerprint density at radius 1 is 1.03 bits per heavy atom. The van der Waals surface area contributed by atoms with E-state index < -0.39 is 5.54 Å². The molecule has 7 nitrogen and oxygen atoms in total. The molecule has 2 atom stereocenters. The molecule has 0 bridgehead atoms. The first-order chi connectivity index (χ1) is 16.1. The number of cyclic esters (lactones) is 1. The lowest BCUT2D eigenvalue weighted by Crippen LogP contribution is -2.59. The molecule has 33 heavy (non-hydrogen) atoms. The Kier molecular flexibility index (Phi) is 6.15. The molecular weight excluding hydrogens is 418 g/mol. The van der Waals surface area contributed by atoms with Crippen LogP contribution in [0.4, 0.5) is 5.88 Å². The summed E-state index contributed by atoms with van der Waals surface area (Å²) in [7, 11) is 0. The van der Waals surface area contributed by atoms with Gasteiger partial charge in [-0.1, -0.05) is 60.7 Å². The molecule has 2 fully saturated rings. The minimum atomic E-state index is -1.16. The smallest absolute Gasteiger partial charge is 0.335 e. The lowest BCUT2D eigenvalue weighted by atomic mass is 9.96. The molecule has 0 spiro atoms. The first-order valence-corrected chi connectivity index (χ1v) is 11.5. The number of hydrogen-bond acceptors (Lipinski definition) is 7. The predicted molar refractivity (Wildman–Crippen MR) is 124 cm³/mol. The topological polar surface area (TPSA) is 76.8 Å². The van der Waals surface area contributed by atoms with Crippen molar-refractivity contribution in [1.82, 2.24) is 10.3 Å². The lowest BCUT2D eigenvalue weighted by molar-refractivity contribution is -0.160. The summed E-state index contributed by atoms with van der Waals surface area (Å²) in [6, 6.07) is 20.3. The van der Waals surface area contributed by atoms with Gasteiger partial charge in [-0.05, 0) is 24.5 Å². The van der Waals surface area contributed by atoms with E-state index in [0.29, 0.717) is 38.0 Å². The Labute approximate surface area is 193 Å². The predicted octanol–water partition coefficient (Wildman–Crippen LogP) is 3.07. The Hall–Kier alpha value is -3.16. The number of anilines is 1. The van der Waals surface area contributed by atoms with Crippen molar-refractivity contribution in [2.45, 2.75) is 31.3 Å². The number of oxazole rings is 1. The first kappa shape index (κ1) is 21.7. The molecule has 7 heteroatoms. The summed E-state index contributed by atoms with van der Waals surface area (Å²) >= 11 is 0. The highest BCUT2D eigenvalue weighted by Gasteiger charge is 2.47. The number of nitrogens with one attached hydrogen (secondary N) is 1. The molecule has 0 amide bonds. The first-order valence-electron chi connectivity index (χ1n) is 11.5. The van der Waals surface area contributed by atoms with Crippen molar-refractivity contribution in [1.29, 1.82) is 0 Å². The molecule has 2 saturated heterocycles. The van der Waals surface area contributed by atoms with Gasteiger partial charge in [0, 0.05) is 25.6 Å². The molecule has 0 unspecified atom stereocenters. The summed E-state index contributed by atoms with van der Waals surface area (Å²) in [5.41, 5.74) is 1.98. The fourth-order valence-corrected chi connectivity index (χ4v) is 4.46. The quantitative estimate of drug-likeness (QED) is 0.582. The van der Waals surface area contributed by atoms with Crippen LogP contribution in [0.3, 0.4) is 0 Å². The van der Waals surface area contributed by atoms with Crippen LogP contribution in [0.1, 0.15) is 29.6 Å². The number of morpholine rings is 2. The second kappa shape index (κ2) is 9.37. The minimum absolute atomic E-state index is 0.0357. The fourth-order valence-electron chi connectivity index (χ4n) is 4.46. The zero-order valence-corrected chi connectivity index (χ0v) is 18.8. The number of aromatic nitrogens is 1. The van der Waals surface area contributed by atoms with Crippen LogP contribution in [0, 0.1) is 0 Å². The number of hydrogen-bond donors (Lipinski definition) is 1. The van der Waals surface area contributed by atoms with Gasteiger partial charge >= 0.3 is 5.97 Å². The van der Waals surface area contributed by atoms with Crippen LogP contribution < -0.4 is 10.2 Å². The molecule has 1 aromatic heterocycles. The highest BCUT2D eigenvalue weighted by Crippen LogP contribution is 2.33. The number of carbonyl (C=O) groups is 1. The third kappa shape index (κ3) is 4.65. The Bertz CT molecular complexity index is 1080. The van der Waals surface area contributed by atoms with Gasteiger partial charge in [0.2, 0.25) is 11.8 Å². The van der Waals surface area contributed by atoms with Crippen molar-refractivity contribution in [3.05, 3.63) is 83.4 Å². The number of ether oxygens (including phenoxy) is 2. The molecule has 3 heterocycles. The van der Waals surface area contributed by atoms with E-state index in [4.69, 9.17) is 18.9 Å². The molecule has 0 radical (unpaired) electrons. The maximum atomic E-state index is 13.0. The molecule has 0 aliphatic carbocycles. The normalized spacial score (nSPS) is 23.4. The minimum Gasteiger partial charge on any atom is -0.462 e. The van der Waals surface area contributed by atoms with Gasteiger partial charge in [0.05, 0.1) is 13.2 Å². The van der Waals surface area contributed by atoms with E-state index in [-0.39, 0.29) is 12.0 Å². The van der Waals surface area contributed by atoms with E-state index in [9.17, 15) is 4.79 Å². The van der Waals surface area contributed by atoms with Crippen LogP contribution in [-0.2, 0) is 32.6 Å². The lowest BCUT2D eigenvalue weighted by Gasteiger charge is -2.35. The van der Waals surface area contributed by atoms with Crippen molar-refractivity contribution in [3.8, 4) is 0 Å². The summed E-state index contributed by atoms with van der Waals surface area (Å²) in [4.78, 5) is 20.0. The van der Waals surface area contributed by atoms with Crippen molar-refractivity contribution in [2.24, 2.45) is 0 Å². The summed E-state index contributed by atoms with van der Waals surface area (Å²) in [6.07, 6.45) is 1.37. The number of esters is 1. The molecule has 3 aromatic rings. The van der Waals surface area contributed by atoms with Crippen molar-refractivity contribution in [3.63, 3.8) is 0 Å². The summed E-state index contributed by atoms with van der Waals surface area (Å²) in [6.45, 7) is 4.84. The molecule has 2 aromatic carbocycles. The van der Waals surface area contributed by atoms with Gasteiger partial charge in [-0.25, -0.2) is 9.78 Å². The van der Waals surface area contributed by atoms with Crippen LogP contribution in [0.25, 0.3) is 0 Å². The van der Waals surface area contributed by atoms with E-state index in [1.165, 1.54) is 5.56 Å². The molecule has 5 rings (SSSR count). The second-order valence-electron chi connectivity index (χ2n) is 8.79. The average molecular weight is 448 g/mol. The zero-order valence-electron chi connectivity index (χ0n) is 18.8. The van der Waals surface area contributed by atoms with Crippen molar-refractivity contribution < 1.29 is 18.7 Å². The largest absolute Gasteiger partial charge is 0.462 e. The Morgan fingerprint density at radius 2 is 1.70 bits per heavy atom. The second-order valence-corrected chi connectivity index (χ2v) is 8.79. The van der Waals surface area contributed by atoms with E-state index in [2.05, 4.69) is 34.5 Å². The van der Waals surface area contributed by atoms with Crippen molar-refractivity contribution in [2.75, 3.05) is 37.8 Å². The van der Waals surface area contributed by atoms with Crippen LogP contribution in [0.5, 0.6) is 0 Å². The van der Waals surface area contributed by atoms with Crippen molar-refractivity contribution >= 4 is 11.9 Å². The maximum absolute atomic E-state index is 13.0. The molecule has 0 saturated carbocycles. The summed E-state index contributed by atoms with van der Waals surface area (Å²) < 4.78 is 17.5. The summed E-state index contributed by atoms with van der Waals surface area (Å²) in [5, 5.41) is 3.48. The number of rotatable bonds is 6. The molecular formula is C26H29N3O4. The third-order valence-corrected chi connectivity index (χ3v) is 6.26. The van der Waals surface area contributed by atoms with Gasteiger partial charge in [0.15, 0.2) is 5.54 Å². The van der Waals surface area contributed by atoms with Gasteiger partial charge in [0.25, 0.3) is 0 Å². The van der Waals surface area contributed by atoms with Gasteiger partial charge < -0.3 is 18.8 Å². The Morgan fingerprint density at radius 3 is 2.39 bits per heavy atom. The third-order valence-electron chi connectivity index (χ3n) is 6.26. The van der Waals surface area contributed by atoms with Gasteiger partial charge in [-0.3, -0.25) is 5.32 Å². The van der Waals surface area contributed by atoms with Crippen LogP contribution in [-0.4, -0.2) is 49.9 Å². The molecule has 2 aliphatic rings. The van der Waals surface area contributed by atoms with E-state index in [1.54, 1.807) is 6.92 Å². The Balaban J connectivity index is 1.45.